The molecule has 364 valence electrons. The fourth-order valence-electron chi connectivity index (χ4n) is 7.25. The minimum absolute atomic E-state index is 0.145. The first-order valence-electron chi connectivity index (χ1n) is 25.4. The van der Waals surface area contributed by atoms with Crippen molar-refractivity contribution in [3.05, 3.63) is 24.3 Å². The number of allylic oxidation sites excluding steroid dienone is 4. The van der Waals surface area contributed by atoms with Crippen LogP contribution in [-0.2, 0) is 32.7 Å². The van der Waals surface area contributed by atoms with Gasteiger partial charge in [0.15, 0.2) is 6.04 Å². The molecule has 0 fully saturated rings. The molecule has 3 atom stereocenters. The van der Waals surface area contributed by atoms with Crippen LogP contribution in [0.2, 0.25) is 0 Å². The summed E-state index contributed by atoms with van der Waals surface area (Å²) in [6.45, 7) is 2.62. The number of nitrogens with one attached hydrogen (secondary N) is 1. The number of carboxylic acid groups (broad SMARTS) is 1. The van der Waals surface area contributed by atoms with Crippen LogP contribution in [0.1, 0.15) is 245 Å². The van der Waals surface area contributed by atoms with Crippen molar-refractivity contribution in [3.8, 4) is 0 Å². The maximum atomic E-state index is 12.4. The number of hydrogen-bond acceptors (Lipinski definition) is 8. The highest BCUT2D eigenvalue weighted by molar-refractivity contribution is 7.47. The second-order valence-corrected chi connectivity index (χ2v) is 18.8. The van der Waals surface area contributed by atoms with Crippen molar-refractivity contribution in [2.24, 2.45) is 0 Å². The van der Waals surface area contributed by atoms with Crippen LogP contribution in [-0.4, -0.2) is 64.9 Å². The Morgan fingerprint density at radius 3 is 1.23 bits per heavy atom. The van der Waals surface area contributed by atoms with E-state index in [-0.39, 0.29) is 12.8 Å². The molecule has 0 aliphatic rings. The third-order valence-corrected chi connectivity index (χ3v) is 12.2. The number of unbranched alkanes of at least 4 members (excludes halogenated alkanes) is 30. The maximum absolute atomic E-state index is 12.4. The summed E-state index contributed by atoms with van der Waals surface area (Å²) in [6.07, 6.45) is 49.1. The van der Waals surface area contributed by atoms with Crippen LogP contribution >= 0.6 is 7.82 Å². The van der Waals surface area contributed by atoms with Crippen LogP contribution in [0.15, 0.2) is 24.3 Å². The van der Waals surface area contributed by atoms with Gasteiger partial charge in [-0.2, -0.15) is 0 Å². The summed E-state index contributed by atoms with van der Waals surface area (Å²) in [5.74, 6) is -2.36. The van der Waals surface area contributed by atoms with E-state index in [1.54, 1.807) is 0 Å². The number of rotatable bonds is 48. The Kier molecular flexibility index (Phi) is 44.0. The number of amides is 1. The third kappa shape index (κ3) is 44.6. The molecular formula is C50H94NO10P. The van der Waals surface area contributed by atoms with E-state index in [9.17, 15) is 34.1 Å². The molecule has 0 aliphatic heterocycles. The summed E-state index contributed by atoms with van der Waals surface area (Å²) in [7, 11) is -4.76. The number of phosphoric ester groups is 1. The monoisotopic (exact) mass is 900 g/mol. The number of carbonyl (C=O) groups excluding carboxylic acids is 2. The maximum Gasteiger partial charge on any atom is 0.472 e. The molecule has 11 nitrogen and oxygen atoms in total. The van der Waals surface area contributed by atoms with Gasteiger partial charge < -0.3 is 25.2 Å². The van der Waals surface area contributed by atoms with Crippen LogP contribution in [0.25, 0.3) is 0 Å². The lowest BCUT2D eigenvalue weighted by atomic mass is 10.1. The molecule has 0 rings (SSSR count). The Labute approximate surface area is 379 Å². The highest BCUT2D eigenvalue weighted by Gasteiger charge is 2.28. The minimum Gasteiger partial charge on any atom is -0.480 e. The van der Waals surface area contributed by atoms with Gasteiger partial charge in [-0.1, -0.05) is 192 Å². The number of aliphatic carboxylic acids is 1. The van der Waals surface area contributed by atoms with Gasteiger partial charge in [-0.05, 0) is 64.2 Å². The minimum atomic E-state index is -4.76. The van der Waals surface area contributed by atoms with Gasteiger partial charge in [0.1, 0.15) is 12.7 Å². The van der Waals surface area contributed by atoms with Gasteiger partial charge in [0.25, 0.3) is 0 Å². The number of hydrogen-bond donors (Lipinski definition) is 4. The Balaban J connectivity index is 3.82. The average molecular weight is 900 g/mol. The van der Waals surface area contributed by atoms with Crippen molar-refractivity contribution in [1.82, 2.24) is 5.32 Å². The molecule has 12 heteroatoms. The molecule has 0 aromatic heterocycles. The van der Waals surface area contributed by atoms with E-state index >= 15 is 0 Å². The predicted molar refractivity (Wildman–Crippen MR) is 254 cm³/mol. The standard InChI is InChI=1S/C50H94NO10P/c1-3-5-7-9-11-13-15-17-19-21-23-25-27-29-31-33-35-37-39-41-48(53)51-47(50(55)56)45-61-62(57,58)60-44-46(52)43-59-49(54)42-40-38-36-34-32-30-28-26-24-22-20-18-16-14-12-10-8-6-4-2/h17-20,46-47,52H,3-16,21-45H2,1-2H3,(H,51,53)(H,55,56)(H,57,58)/b19-17+,20-18+. The molecule has 1 amide bonds. The summed E-state index contributed by atoms with van der Waals surface area (Å²) < 4.78 is 26.9. The van der Waals surface area contributed by atoms with Crippen molar-refractivity contribution in [2.75, 3.05) is 19.8 Å². The lowest BCUT2D eigenvalue weighted by molar-refractivity contribution is -0.147. The zero-order chi connectivity index (χ0) is 45.6. The summed E-state index contributed by atoms with van der Waals surface area (Å²) in [5.41, 5.74) is 0. The van der Waals surface area contributed by atoms with Gasteiger partial charge in [-0.25, -0.2) is 9.36 Å². The summed E-state index contributed by atoms with van der Waals surface area (Å²) >= 11 is 0. The number of ether oxygens (including phenoxy) is 1. The Morgan fingerprint density at radius 1 is 0.500 bits per heavy atom. The number of aliphatic hydroxyl groups excluding tert-OH is 1. The first-order valence-corrected chi connectivity index (χ1v) is 26.9. The predicted octanol–water partition coefficient (Wildman–Crippen LogP) is 13.8. The molecule has 0 saturated carbocycles. The number of carboxylic acids is 1. The molecule has 4 N–H and O–H groups in total. The Hall–Kier alpha value is -2.04. The molecule has 0 radical (unpaired) electrons. The second kappa shape index (κ2) is 45.5. The smallest absolute Gasteiger partial charge is 0.472 e. The second-order valence-electron chi connectivity index (χ2n) is 17.4. The van der Waals surface area contributed by atoms with Gasteiger partial charge in [-0.3, -0.25) is 18.6 Å². The van der Waals surface area contributed by atoms with Crippen LogP contribution in [0.5, 0.6) is 0 Å². The Bertz CT molecular complexity index is 1150. The van der Waals surface area contributed by atoms with Crippen molar-refractivity contribution in [1.29, 1.82) is 0 Å². The van der Waals surface area contributed by atoms with Crippen molar-refractivity contribution in [3.63, 3.8) is 0 Å². The van der Waals surface area contributed by atoms with E-state index in [4.69, 9.17) is 13.8 Å². The topological polar surface area (TPSA) is 169 Å². The van der Waals surface area contributed by atoms with E-state index in [0.29, 0.717) is 12.8 Å². The molecule has 0 saturated heterocycles. The molecule has 62 heavy (non-hydrogen) atoms. The molecule has 0 spiro atoms. The first kappa shape index (κ1) is 60.0. The quantitative estimate of drug-likeness (QED) is 0.0200. The van der Waals surface area contributed by atoms with Crippen molar-refractivity contribution >= 4 is 25.7 Å². The van der Waals surface area contributed by atoms with Gasteiger partial charge in [-0.15, -0.1) is 0 Å². The van der Waals surface area contributed by atoms with E-state index in [1.807, 2.05) is 0 Å². The first-order chi connectivity index (χ1) is 30.1. The fraction of sp³-hybridized carbons (Fsp3) is 0.860. The highest BCUT2D eigenvalue weighted by atomic mass is 31.2. The van der Waals surface area contributed by atoms with E-state index < -0.39 is 57.6 Å². The lowest BCUT2D eigenvalue weighted by Crippen LogP contribution is -2.43. The van der Waals surface area contributed by atoms with Gasteiger partial charge >= 0.3 is 19.8 Å². The molecule has 0 aromatic rings. The van der Waals surface area contributed by atoms with Crippen LogP contribution in [0, 0.1) is 0 Å². The molecule has 0 aromatic carbocycles. The highest BCUT2D eigenvalue weighted by Crippen LogP contribution is 2.43. The summed E-state index contributed by atoms with van der Waals surface area (Å²) in [4.78, 5) is 46.1. The Morgan fingerprint density at radius 2 is 0.839 bits per heavy atom. The van der Waals surface area contributed by atoms with Gasteiger partial charge in [0, 0.05) is 12.8 Å². The fourth-order valence-corrected chi connectivity index (χ4v) is 8.02. The summed E-state index contributed by atoms with van der Waals surface area (Å²) in [6, 6.07) is -1.55. The summed E-state index contributed by atoms with van der Waals surface area (Å²) in [5, 5.41) is 21.9. The van der Waals surface area contributed by atoms with Crippen LogP contribution in [0.3, 0.4) is 0 Å². The third-order valence-electron chi connectivity index (χ3n) is 11.2. The number of phosphoric acid groups is 1. The van der Waals surface area contributed by atoms with E-state index in [1.165, 1.54) is 167 Å². The van der Waals surface area contributed by atoms with Crippen molar-refractivity contribution in [2.45, 2.75) is 257 Å². The zero-order valence-electron chi connectivity index (χ0n) is 39.7. The van der Waals surface area contributed by atoms with Gasteiger partial charge in [0.2, 0.25) is 5.91 Å². The zero-order valence-corrected chi connectivity index (χ0v) is 40.6. The van der Waals surface area contributed by atoms with E-state index in [0.717, 1.165) is 38.5 Å². The SMILES string of the molecule is CCCCCCCC/C=C/CCCCCCCCCCCC(=O)NC(COP(=O)(O)OCC(O)COC(=O)CCCCCCCCCCC/C=C/CCCCCCCC)C(=O)O. The number of carbonyl (C=O) groups is 3. The molecule has 3 unspecified atom stereocenters. The molecule has 0 bridgehead atoms. The molecule has 0 aliphatic carbocycles. The van der Waals surface area contributed by atoms with Crippen LogP contribution in [0.4, 0.5) is 0 Å². The average Bonchev–Trinajstić information content (AvgIpc) is 3.25. The largest absolute Gasteiger partial charge is 0.480 e. The molecule has 0 heterocycles. The number of aliphatic hydroxyl groups is 1. The van der Waals surface area contributed by atoms with E-state index in [2.05, 4.69) is 43.5 Å². The normalized spacial score (nSPS) is 13.7. The molecular weight excluding hydrogens is 806 g/mol. The van der Waals surface area contributed by atoms with Crippen LogP contribution < -0.4 is 5.32 Å². The lowest BCUT2D eigenvalue weighted by Gasteiger charge is -2.18. The van der Waals surface area contributed by atoms with Crippen molar-refractivity contribution < 1.29 is 47.8 Å². The van der Waals surface area contributed by atoms with Gasteiger partial charge in [0.05, 0.1) is 13.2 Å². The number of esters is 1.